The first-order valence-electron chi connectivity index (χ1n) is 12.5. The minimum absolute atomic E-state index is 0.148. The van der Waals surface area contributed by atoms with E-state index in [2.05, 4.69) is 33.8 Å². The molecule has 0 atom stereocenters. The highest BCUT2D eigenvalue weighted by atomic mass is 19.1. The Hall–Kier alpha value is -3.46. The Morgan fingerprint density at radius 2 is 1.86 bits per heavy atom. The zero-order chi connectivity index (χ0) is 25.5. The highest BCUT2D eigenvalue weighted by Gasteiger charge is 2.27. The number of carboxylic acid groups (broad SMARTS) is 1. The standard InChI is InChI=1S/C27H34FN5O3/c1-19(2)18-36-24-9-5-21(6-10-24)26-29-27(31-30-26)33(17-20-3-7-22(28)8-4-20)23-11-14-32(15-12-23)16-13-25(34)35/h3-10,19,23H,11-18H2,1-2H3,(H,34,35)(H,29,30,31). The number of carbonyl (C=O) groups is 1. The van der Waals surface area contributed by atoms with Crippen molar-refractivity contribution in [3.05, 3.63) is 59.9 Å². The number of nitrogens with zero attached hydrogens (tertiary/aromatic N) is 4. The largest absolute Gasteiger partial charge is 0.493 e. The number of rotatable bonds is 11. The van der Waals surface area contributed by atoms with Crippen LogP contribution in [0.5, 0.6) is 5.75 Å². The monoisotopic (exact) mass is 495 g/mol. The summed E-state index contributed by atoms with van der Waals surface area (Å²) in [7, 11) is 0. The van der Waals surface area contributed by atoms with Crippen LogP contribution in [-0.2, 0) is 11.3 Å². The highest BCUT2D eigenvalue weighted by Crippen LogP contribution is 2.26. The quantitative estimate of drug-likeness (QED) is 0.402. The molecule has 2 heterocycles. The van der Waals surface area contributed by atoms with Crippen LogP contribution in [0.2, 0.25) is 0 Å². The predicted molar refractivity (Wildman–Crippen MR) is 136 cm³/mol. The normalized spacial score (nSPS) is 14.8. The second kappa shape index (κ2) is 12.0. The van der Waals surface area contributed by atoms with Crippen molar-refractivity contribution in [2.45, 2.75) is 45.7 Å². The third kappa shape index (κ3) is 7.04. The van der Waals surface area contributed by atoms with Crippen molar-refractivity contribution >= 4 is 11.9 Å². The lowest BCUT2D eigenvalue weighted by Gasteiger charge is -2.38. The smallest absolute Gasteiger partial charge is 0.304 e. The number of piperidine rings is 1. The Morgan fingerprint density at radius 3 is 2.50 bits per heavy atom. The maximum absolute atomic E-state index is 13.5. The Labute approximate surface area is 211 Å². The summed E-state index contributed by atoms with van der Waals surface area (Å²) in [6.07, 6.45) is 1.88. The van der Waals surface area contributed by atoms with Gasteiger partial charge in [-0.05, 0) is 60.7 Å². The molecule has 0 amide bonds. The molecule has 36 heavy (non-hydrogen) atoms. The number of hydrogen-bond donors (Lipinski definition) is 2. The fraction of sp³-hybridized carbons (Fsp3) is 0.444. The molecule has 2 aromatic carbocycles. The predicted octanol–water partition coefficient (Wildman–Crippen LogP) is 4.59. The molecule has 1 aliphatic rings. The summed E-state index contributed by atoms with van der Waals surface area (Å²) in [5.41, 5.74) is 1.89. The molecular formula is C27H34FN5O3. The lowest BCUT2D eigenvalue weighted by molar-refractivity contribution is -0.137. The number of carboxylic acids is 1. The Bertz CT molecular complexity index is 1110. The molecule has 2 N–H and O–H groups in total. The molecule has 0 aliphatic carbocycles. The zero-order valence-electron chi connectivity index (χ0n) is 20.9. The number of H-pyrrole nitrogens is 1. The molecule has 4 rings (SSSR count). The van der Waals surface area contributed by atoms with Gasteiger partial charge in [-0.1, -0.05) is 26.0 Å². The number of benzene rings is 2. The number of anilines is 1. The molecule has 0 bridgehead atoms. The van der Waals surface area contributed by atoms with E-state index in [9.17, 15) is 9.18 Å². The first-order chi connectivity index (χ1) is 17.4. The van der Waals surface area contributed by atoms with E-state index < -0.39 is 5.97 Å². The lowest BCUT2D eigenvalue weighted by atomic mass is 10.0. The van der Waals surface area contributed by atoms with Gasteiger partial charge in [0.2, 0.25) is 5.95 Å². The number of aromatic amines is 1. The lowest BCUT2D eigenvalue weighted by Crippen LogP contribution is -2.45. The van der Waals surface area contributed by atoms with Crippen LogP contribution < -0.4 is 9.64 Å². The molecular weight excluding hydrogens is 461 g/mol. The summed E-state index contributed by atoms with van der Waals surface area (Å²) in [5.74, 6) is 1.50. The van der Waals surface area contributed by atoms with E-state index in [1.54, 1.807) is 12.1 Å². The van der Waals surface area contributed by atoms with E-state index in [1.165, 1.54) is 12.1 Å². The van der Waals surface area contributed by atoms with Gasteiger partial charge in [-0.3, -0.25) is 9.89 Å². The number of aromatic nitrogens is 3. The van der Waals surface area contributed by atoms with Crippen molar-refractivity contribution in [2.75, 3.05) is 31.1 Å². The van der Waals surface area contributed by atoms with Crippen LogP contribution in [0.15, 0.2) is 48.5 Å². The molecule has 0 unspecified atom stereocenters. The van der Waals surface area contributed by atoms with Crippen molar-refractivity contribution in [3.63, 3.8) is 0 Å². The Morgan fingerprint density at radius 1 is 1.17 bits per heavy atom. The van der Waals surface area contributed by atoms with Crippen LogP contribution in [-0.4, -0.2) is 63.4 Å². The zero-order valence-corrected chi connectivity index (χ0v) is 20.9. The maximum atomic E-state index is 13.5. The molecule has 8 nitrogen and oxygen atoms in total. The van der Waals surface area contributed by atoms with Crippen molar-refractivity contribution in [1.29, 1.82) is 0 Å². The molecule has 1 saturated heterocycles. The topological polar surface area (TPSA) is 94.6 Å². The first kappa shape index (κ1) is 25.6. The van der Waals surface area contributed by atoms with Crippen molar-refractivity contribution < 1.29 is 19.0 Å². The molecule has 0 radical (unpaired) electrons. The van der Waals surface area contributed by atoms with Crippen molar-refractivity contribution in [2.24, 2.45) is 5.92 Å². The number of halogens is 1. The van der Waals surface area contributed by atoms with E-state index in [-0.39, 0.29) is 18.3 Å². The molecule has 192 valence electrons. The summed E-state index contributed by atoms with van der Waals surface area (Å²) in [6.45, 7) is 7.63. The van der Waals surface area contributed by atoms with Crippen LogP contribution in [0.1, 0.15) is 38.7 Å². The van der Waals surface area contributed by atoms with Crippen LogP contribution in [0.25, 0.3) is 11.4 Å². The molecule has 1 fully saturated rings. The minimum atomic E-state index is -0.775. The Kier molecular flexibility index (Phi) is 8.53. The third-order valence-electron chi connectivity index (χ3n) is 6.35. The molecule has 0 saturated carbocycles. The number of aliphatic carboxylic acids is 1. The summed E-state index contributed by atoms with van der Waals surface area (Å²) >= 11 is 0. The van der Waals surface area contributed by atoms with Crippen LogP contribution in [0.3, 0.4) is 0 Å². The summed E-state index contributed by atoms with van der Waals surface area (Å²) in [6, 6.07) is 14.5. The molecule has 3 aromatic rings. The summed E-state index contributed by atoms with van der Waals surface area (Å²) < 4.78 is 19.3. The van der Waals surface area contributed by atoms with Gasteiger partial charge in [0.15, 0.2) is 5.82 Å². The average Bonchev–Trinajstić information content (AvgIpc) is 3.36. The van der Waals surface area contributed by atoms with Crippen LogP contribution in [0.4, 0.5) is 10.3 Å². The Balaban J connectivity index is 1.49. The number of likely N-dealkylation sites (tertiary alicyclic amines) is 1. The van der Waals surface area contributed by atoms with Gasteiger partial charge in [-0.2, -0.15) is 4.98 Å². The minimum Gasteiger partial charge on any atom is -0.493 e. The second-order valence-electron chi connectivity index (χ2n) is 9.68. The van der Waals surface area contributed by atoms with Crippen LogP contribution >= 0.6 is 0 Å². The van der Waals surface area contributed by atoms with Crippen LogP contribution in [0, 0.1) is 11.7 Å². The van der Waals surface area contributed by atoms with Gasteiger partial charge < -0.3 is 19.6 Å². The fourth-order valence-electron chi connectivity index (χ4n) is 4.34. The molecule has 1 aromatic heterocycles. The maximum Gasteiger partial charge on any atom is 0.304 e. The average molecular weight is 496 g/mol. The van der Waals surface area contributed by atoms with Gasteiger partial charge in [0, 0.05) is 37.8 Å². The second-order valence-corrected chi connectivity index (χ2v) is 9.68. The van der Waals surface area contributed by atoms with Gasteiger partial charge >= 0.3 is 5.97 Å². The third-order valence-corrected chi connectivity index (χ3v) is 6.35. The van der Waals surface area contributed by atoms with Crippen molar-refractivity contribution in [1.82, 2.24) is 20.1 Å². The van der Waals surface area contributed by atoms with Gasteiger partial charge in [-0.25, -0.2) is 4.39 Å². The van der Waals surface area contributed by atoms with Gasteiger partial charge in [0.05, 0.1) is 13.0 Å². The van der Waals surface area contributed by atoms with E-state index in [0.717, 1.165) is 42.8 Å². The van der Waals surface area contributed by atoms with Crippen molar-refractivity contribution in [3.8, 4) is 17.1 Å². The van der Waals surface area contributed by atoms with Gasteiger partial charge in [0.1, 0.15) is 11.6 Å². The van der Waals surface area contributed by atoms with E-state index >= 15 is 0 Å². The number of hydrogen-bond acceptors (Lipinski definition) is 6. The fourth-order valence-corrected chi connectivity index (χ4v) is 4.34. The number of nitrogens with one attached hydrogen (secondary N) is 1. The summed E-state index contributed by atoms with van der Waals surface area (Å²) in [5, 5.41) is 16.6. The van der Waals surface area contributed by atoms with E-state index in [4.69, 9.17) is 14.8 Å². The summed E-state index contributed by atoms with van der Waals surface area (Å²) in [4.78, 5) is 20.1. The number of ether oxygens (including phenoxy) is 1. The molecule has 0 spiro atoms. The van der Waals surface area contributed by atoms with E-state index in [1.807, 2.05) is 24.3 Å². The SMILES string of the molecule is CC(C)COc1ccc(-c2nc(N(Cc3ccc(F)cc3)C3CCN(CCC(=O)O)CC3)n[nH]2)cc1. The van der Waals surface area contributed by atoms with Gasteiger partial charge in [-0.15, -0.1) is 5.10 Å². The molecule has 9 heteroatoms. The molecule has 1 aliphatic heterocycles. The highest BCUT2D eigenvalue weighted by molar-refractivity contribution is 5.66. The first-order valence-corrected chi connectivity index (χ1v) is 12.5. The van der Waals surface area contributed by atoms with E-state index in [0.29, 0.717) is 37.4 Å². The van der Waals surface area contributed by atoms with Gasteiger partial charge in [0.25, 0.3) is 0 Å².